The van der Waals surface area contributed by atoms with Crippen molar-refractivity contribution in [2.45, 2.75) is 57.7 Å². The molecule has 2 N–H and O–H groups in total. The SMILES string of the molecule is CCCCO[C@H]1CCC[C@@H]1Nc1cc(NCc2cccnc2)n2ncc(Br)c2n1. The lowest BCUT2D eigenvalue weighted by atomic mass is 10.2. The molecule has 3 heterocycles. The number of pyridine rings is 1. The zero-order valence-corrected chi connectivity index (χ0v) is 18.2. The summed E-state index contributed by atoms with van der Waals surface area (Å²) < 4.78 is 8.80. The average Bonchev–Trinajstić information content (AvgIpc) is 3.34. The number of nitrogens with zero attached hydrogens (tertiary/aromatic N) is 4. The third-order valence-electron chi connectivity index (χ3n) is 5.24. The van der Waals surface area contributed by atoms with Gasteiger partial charge in [-0.25, -0.2) is 4.98 Å². The van der Waals surface area contributed by atoms with Crippen molar-refractivity contribution in [2.24, 2.45) is 0 Å². The molecule has 0 aromatic carbocycles. The van der Waals surface area contributed by atoms with E-state index < -0.39 is 0 Å². The first kappa shape index (κ1) is 20.1. The quantitative estimate of drug-likeness (QED) is 0.454. The maximum Gasteiger partial charge on any atom is 0.173 e. The minimum Gasteiger partial charge on any atom is -0.376 e. The summed E-state index contributed by atoms with van der Waals surface area (Å²) in [6.45, 7) is 3.68. The lowest BCUT2D eigenvalue weighted by Crippen LogP contribution is -2.31. The van der Waals surface area contributed by atoms with E-state index >= 15 is 0 Å². The minimum absolute atomic E-state index is 0.250. The zero-order chi connectivity index (χ0) is 20.1. The Kier molecular flexibility index (Phi) is 6.61. The second kappa shape index (κ2) is 9.54. The van der Waals surface area contributed by atoms with Gasteiger partial charge in [-0.1, -0.05) is 19.4 Å². The number of hydrogen-bond donors (Lipinski definition) is 2. The van der Waals surface area contributed by atoms with Crippen LogP contribution in [0.2, 0.25) is 0 Å². The first-order valence-electron chi connectivity index (χ1n) is 10.3. The zero-order valence-electron chi connectivity index (χ0n) is 16.6. The highest BCUT2D eigenvalue weighted by Crippen LogP contribution is 2.28. The van der Waals surface area contributed by atoms with Gasteiger partial charge in [0.15, 0.2) is 5.65 Å². The van der Waals surface area contributed by atoms with Crippen molar-refractivity contribution >= 4 is 33.2 Å². The molecule has 4 rings (SSSR count). The van der Waals surface area contributed by atoms with E-state index in [2.05, 4.69) is 43.6 Å². The topological polar surface area (TPSA) is 76.4 Å². The number of ether oxygens (including phenoxy) is 1. The Morgan fingerprint density at radius 2 is 2.24 bits per heavy atom. The van der Waals surface area contributed by atoms with Crippen LogP contribution in [0.25, 0.3) is 5.65 Å². The molecule has 3 aromatic rings. The van der Waals surface area contributed by atoms with Gasteiger partial charge < -0.3 is 15.4 Å². The Bertz CT molecular complexity index is 932. The van der Waals surface area contributed by atoms with Crippen molar-refractivity contribution in [1.82, 2.24) is 19.6 Å². The maximum absolute atomic E-state index is 6.12. The number of hydrogen-bond acceptors (Lipinski definition) is 6. The molecule has 1 fully saturated rings. The second-order valence-corrected chi connectivity index (χ2v) is 8.27. The van der Waals surface area contributed by atoms with Crippen LogP contribution in [0.5, 0.6) is 0 Å². The Balaban J connectivity index is 1.52. The van der Waals surface area contributed by atoms with Crippen molar-refractivity contribution in [3.8, 4) is 0 Å². The first-order valence-corrected chi connectivity index (χ1v) is 11.1. The smallest absolute Gasteiger partial charge is 0.173 e. The summed E-state index contributed by atoms with van der Waals surface area (Å²) in [6, 6.07) is 6.29. The third kappa shape index (κ3) is 4.87. The minimum atomic E-state index is 0.250. The fourth-order valence-electron chi connectivity index (χ4n) is 3.69. The third-order valence-corrected chi connectivity index (χ3v) is 5.80. The summed E-state index contributed by atoms with van der Waals surface area (Å²) in [4.78, 5) is 8.96. The number of nitrogens with one attached hydrogen (secondary N) is 2. The van der Waals surface area contributed by atoms with Gasteiger partial charge in [0.05, 0.1) is 22.8 Å². The van der Waals surface area contributed by atoms with Gasteiger partial charge in [0, 0.05) is 31.6 Å². The molecule has 0 unspecified atom stereocenters. The molecule has 0 spiro atoms. The number of fused-ring (bicyclic) bond motifs is 1. The summed E-state index contributed by atoms with van der Waals surface area (Å²) in [5.74, 6) is 1.72. The molecule has 1 aliphatic rings. The van der Waals surface area contributed by atoms with Gasteiger partial charge in [-0.2, -0.15) is 9.61 Å². The van der Waals surface area contributed by atoms with Crippen LogP contribution < -0.4 is 10.6 Å². The molecule has 0 bridgehead atoms. The van der Waals surface area contributed by atoms with E-state index in [0.29, 0.717) is 6.54 Å². The summed E-state index contributed by atoms with van der Waals surface area (Å²) >= 11 is 3.56. The van der Waals surface area contributed by atoms with E-state index in [-0.39, 0.29) is 12.1 Å². The van der Waals surface area contributed by atoms with Crippen LogP contribution >= 0.6 is 15.9 Å². The molecule has 8 heteroatoms. The van der Waals surface area contributed by atoms with Crippen molar-refractivity contribution in [3.63, 3.8) is 0 Å². The monoisotopic (exact) mass is 458 g/mol. The fourth-order valence-corrected chi connectivity index (χ4v) is 4.04. The van der Waals surface area contributed by atoms with Crippen LogP contribution in [0.4, 0.5) is 11.6 Å². The molecule has 0 radical (unpaired) electrons. The number of anilines is 2. The van der Waals surface area contributed by atoms with Crippen LogP contribution in [0.3, 0.4) is 0 Å². The summed E-state index contributed by atoms with van der Waals surface area (Å²) in [5.41, 5.74) is 1.89. The van der Waals surface area contributed by atoms with Crippen LogP contribution in [0.1, 0.15) is 44.6 Å². The molecule has 0 saturated heterocycles. The van der Waals surface area contributed by atoms with Gasteiger partial charge in [-0.3, -0.25) is 4.98 Å². The lowest BCUT2D eigenvalue weighted by molar-refractivity contribution is 0.0501. The predicted octanol–water partition coefficient (Wildman–Crippen LogP) is 4.65. The molecule has 154 valence electrons. The van der Waals surface area contributed by atoms with Gasteiger partial charge in [-0.05, 0) is 53.2 Å². The highest BCUT2D eigenvalue weighted by Gasteiger charge is 2.28. The van der Waals surface area contributed by atoms with Gasteiger partial charge in [0.25, 0.3) is 0 Å². The Hall–Kier alpha value is -2.19. The van der Waals surface area contributed by atoms with Gasteiger partial charge in [0.2, 0.25) is 0 Å². The second-order valence-electron chi connectivity index (χ2n) is 7.41. The molecule has 1 aliphatic carbocycles. The van der Waals surface area contributed by atoms with Crippen LogP contribution in [-0.2, 0) is 11.3 Å². The summed E-state index contributed by atoms with van der Waals surface area (Å²) in [7, 11) is 0. The lowest BCUT2D eigenvalue weighted by Gasteiger charge is -2.22. The molecular formula is C21H27BrN6O. The Morgan fingerprint density at radius 3 is 3.07 bits per heavy atom. The molecule has 29 heavy (non-hydrogen) atoms. The number of aromatic nitrogens is 4. The standard InChI is InChI=1S/C21H27BrN6O/c1-2-3-10-29-18-8-4-7-17(18)26-19-11-20(24-13-15-6-5-9-23-12-15)28-21(27-19)16(22)14-25-28/h5-6,9,11-12,14,17-18,24H,2-4,7-8,10,13H2,1H3,(H,26,27)/t17-,18-/m0/s1. The number of halogens is 1. The van der Waals surface area contributed by atoms with E-state index in [4.69, 9.17) is 9.72 Å². The van der Waals surface area contributed by atoms with Gasteiger partial charge in [0.1, 0.15) is 11.6 Å². The van der Waals surface area contributed by atoms with E-state index in [1.54, 1.807) is 12.4 Å². The molecule has 2 atom stereocenters. The maximum atomic E-state index is 6.12. The Labute approximate surface area is 179 Å². The van der Waals surface area contributed by atoms with Crippen molar-refractivity contribution in [2.75, 3.05) is 17.2 Å². The average molecular weight is 459 g/mol. The molecule has 1 saturated carbocycles. The molecular weight excluding hydrogens is 432 g/mol. The fraction of sp³-hybridized carbons (Fsp3) is 0.476. The van der Waals surface area contributed by atoms with Gasteiger partial charge >= 0.3 is 0 Å². The van der Waals surface area contributed by atoms with Crippen LogP contribution in [0.15, 0.2) is 41.3 Å². The van der Waals surface area contributed by atoms with Crippen LogP contribution in [-0.4, -0.2) is 38.3 Å². The van der Waals surface area contributed by atoms with Gasteiger partial charge in [-0.15, -0.1) is 0 Å². The van der Waals surface area contributed by atoms with Crippen LogP contribution in [0, 0.1) is 0 Å². The highest BCUT2D eigenvalue weighted by atomic mass is 79.9. The van der Waals surface area contributed by atoms with E-state index in [0.717, 1.165) is 59.6 Å². The molecule has 3 aromatic heterocycles. The largest absolute Gasteiger partial charge is 0.376 e. The highest BCUT2D eigenvalue weighted by molar-refractivity contribution is 9.10. The van der Waals surface area contributed by atoms with E-state index in [1.807, 2.05) is 28.9 Å². The Morgan fingerprint density at radius 1 is 1.31 bits per heavy atom. The predicted molar refractivity (Wildman–Crippen MR) is 118 cm³/mol. The molecule has 7 nitrogen and oxygen atoms in total. The summed E-state index contributed by atoms with van der Waals surface area (Å²) in [6.07, 6.45) is 11.3. The molecule has 0 aliphatic heterocycles. The summed E-state index contributed by atoms with van der Waals surface area (Å²) in [5, 5.41) is 11.5. The van der Waals surface area contributed by atoms with E-state index in [1.165, 1.54) is 6.42 Å². The number of rotatable bonds is 9. The number of unbranched alkanes of at least 4 members (excludes halogenated alkanes) is 1. The molecule has 0 amide bonds. The first-order chi connectivity index (χ1) is 14.2. The normalized spacial score (nSPS) is 19.0. The van der Waals surface area contributed by atoms with E-state index in [9.17, 15) is 0 Å². The van der Waals surface area contributed by atoms with Crippen molar-refractivity contribution in [3.05, 3.63) is 46.8 Å². The van der Waals surface area contributed by atoms with Crippen molar-refractivity contribution in [1.29, 1.82) is 0 Å². The van der Waals surface area contributed by atoms with Crippen molar-refractivity contribution < 1.29 is 4.74 Å².